The van der Waals surface area contributed by atoms with Crippen molar-refractivity contribution in [3.8, 4) is 5.75 Å². The maximum atomic E-state index is 12.3. The second-order valence-corrected chi connectivity index (χ2v) is 7.00. The summed E-state index contributed by atoms with van der Waals surface area (Å²) in [5.74, 6) is -0.549. The maximum Gasteiger partial charge on any atom is 0.407 e. The number of carbonyl (C=O) groups excluding carboxylic acids is 3. The van der Waals surface area contributed by atoms with Gasteiger partial charge in [0.25, 0.3) is 0 Å². The molecule has 0 fully saturated rings. The highest BCUT2D eigenvalue weighted by molar-refractivity contribution is 5.85. The number of esters is 1. The van der Waals surface area contributed by atoms with Crippen LogP contribution in [0, 0.1) is 0 Å². The Labute approximate surface area is 186 Å². The molecule has 32 heavy (non-hydrogen) atoms. The Morgan fingerprint density at radius 2 is 1.72 bits per heavy atom. The number of nitrogens with one attached hydrogen (secondary N) is 2. The highest BCUT2D eigenvalue weighted by Gasteiger charge is 2.23. The predicted octanol–water partition coefficient (Wildman–Crippen LogP) is 1.57. The third kappa shape index (κ3) is 8.65. The summed E-state index contributed by atoms with van der Waals surface area (Å²) < 4.78 is 15.0. The largest absolute Gasteiger partial charge is 0.497 e. The molecule has 0 saturated carbocycles. The first-order chi connectivity index (χ1) is 15.4. The Balaban J connectivity index is 1.79. The molecule has 0 aliphatic carbocycles. The number of rotatable bonds is 11. The van der Waals surface area contributed by atoms with Gasteiger partial charge < -0.3 is 30.0 Å². The van der Waals surface area contributed by atoms with Crippen molar-refractivity contribution in [1.82, 2.24) is 10.6 Å². The van der Waals surface area contributed by atoms with Crippen LogP contribution < -0.4 is 15.4 Å². The number of methoxy groups -OCH3 is 2. The molecule has 0 heterocycles. The molecular weight excluding hydrogens is 416 g/mol. The predicted molar refractivity (Wildman–Crippen MR) is 116 cm³/mol. The second kappa shape index (κ2) is 13.0. The molecule has 2 rings (SSSR count). The molecule has 0 radical (unpaired) electrons. The van der Waals surface area contributed by atoms with Gasteiger partial charge in [0, 0.05) is 13.0 Å². The average molecular weight is 444 g/mol. The van der Waals surface area contributed by atoms with Gasteiger partial charge in [-0.1, -0.05) is 42.5 Å². The Hall–Kier alpha value is -3.59. The molecule has 0 aliphatic heterocycles. The summed E-state index contributed by atoms with van der Waals surface area (Å²) in [6.07, 6.45) is -1.99. The molecular formula is C23H28N2O7. The van der Waals surface area contributed by atoms with Crippen LogP contribution in [0.4, 0.5) is 4.79 Å². The van der Waals surface area contributed by atoms with Crippen molar-refractivity contribution in [3.05, 3.63) is 65.7 Å². The van der Waals surface area contributed by atoms with Crippen LogP contribution in [0.3, 0.4) is 0 Å². The number of aliphatic hydroxyl groups is 1. The molecule has 9 heteroatoms. The van der Waals surface area contributed by atoms with Gasteiger partial charge in [0.1, 0.15) is 18.4 Å². The highest BCUT2D eigenvalue weighted by atomic mass is 16.5. The molecule has 2 aromatic rings. The van der Waals surface area contributed by atoms with E-state index in [9.17, 15) is 19.5 Å². The van der Waals surface area contributed by atoms with E-state index in [4.69, 9.17) is 14.2 Å². The third-order valence-corrected chi connectivity index (χ3v) is 4.51. The minimum absolute atomic E-state index is 0.0916. The molecule has 3 N–H and O–H groups in total. The van der Waals surface area contributed by atoms with Crippen LogP contribution in [-0.4, -0.2) is 56.0 Å². The van der Waals surface area contributed by atoms with E-state index in [2.05, 4.69) is 10.6 Å². The fraction of sp³-hybridized carbons (Fsp3) is 0.348. The van der Waals surface area contributed by atoms with Crippen LogP contribution in [0.5, 0.6) is 5.75 Å². The summed E-state index contributed by atoms with van der Waals surface area (Å²) in [5, 5.41) is 15.0. The van der Waals surface area contributed by atoms with Gasteiger partial charge in [-0.15, -0.1) is 0 Å². The summed E-state index contributed by atoms with van der Waals surface area (Å²) in [6.45, 7) is -0.0891. The van der Waals surface area contributed by atoms with E-state index < -0.39 is 30.1 Å². The lowest BCUT2D eigenvalue weighted by molar-refractivity contribution is -0.145. The summed E-state index contributed by atoms with van der Waals surface area (Å²) in [5.41, 5.74) is 1.59. The van der Waals surface area contributed by atoms with Crippen molar-refractivity contribution in [2.24, 2.45) is 0 Å². The Bertz CT molecular complexity index is 889. The normalized spacial score (nSPS) is 12.2. The zero-order chi connectivity index (χ0) is 23.3. The van der Waals surface area contributed by atoms with Gasteiger partial charge in [0.2, 0.25) is 5.91 Å². The molecule has 0 saturated heterocycles. The van der Waals surface area contributed by atoms with E-state index in [1.807, 2.05) is 30.3 Å². The van der Waals surface area contributed by atoms with Crippen LogP contribution in [0.2, 0.25) is 0 Å². The number of alkyl carbamates (subject to hydrolysis) is 1. The van der Waals surface area contributed by atoms with Crippen LogP contribution >= 0.6 is 0 Å². The van der Waals surface area contributed by atoms with Gasteiger partial charge >= 0.3 is 12.1 Å². The fourth-order valence-corrected chi connectivity index (χ4v) is 2.89. The molecule has 0 unspecified atom stereocenters. The average Bonchev–Trinajstić information content (AvgIpc) is 2.81. The molecule has 2 amide bonds. The van der Waals surface area contributed by atoms with Crippen molar-refractivity contribution in [2.45, 2.75) is 31.6 Å². The Morgan fingerprint density at radius 1 is 1.00 bits per heavy atom. The van der Waals surface area contributed by atoms with Crippen LogP contribution in [0.1, 0.15) is 17.5 Å². The zero-order valence-corrected chi connectivity index (χ0v) is 18.1. The number of hydrogen-bond acceptors (Lipinski definition) is 7. The first-order valence-electron chi connectivity index (χ1n) is 10.0. The van der Waals surface area contributed by atoms with Crippen LogP contribution in [0.15, 0.2) is 54.6 Å². The number of hydrogen-bond donors (Lipinski definition) is 3. The topological polar surface area (TPSA) is 123 Å². The second-order valence-electron chi connectivity index (χ2n) is 7.00. The van der Waals surface area contributed by atoms with E-state index in [0.29, 0.717) is 5.75 Å². The number of aliphatic hydroxyl groups excluding tert-OH is 1. The van der Waals surface area contributed by atoms with E-state index in [1.54, 1.807) is 24.3 Å². The molecule has 2 aromatic carbocycles. The maximum absolute atomic E-state index is 12.3. The first kappa shape index (κ1) is 24.7. The molecule has 2 atom stereocenters. The monoisotopic (exact) mass is 444 g/mol. The molecule has 9 nitrogen and oxygen atoms in total. The van der Waals surface area contributed by atoms with Crippen molar-refractivity contribution in [1.29, 1.82) is 0 Å². The highest BCUT2D eigenvalue weighted by Crippen LogP contribution is 2.14. The lowest BCUT2D eigenvalue weighted by atomic mass is 10.1. The fourth-order valence-electron chi connectivity index (χ4n) is 2.89. The van der Waals surface area contributed by atoms with E-state index in [-0.39, 0.29) is 26.0 Å². The molecule has 0 aromatic heterocycles. The van der Waals surface area contributed by atoms with Crippen molar-refractivity contribution in [2.75, 3.05) is 20.8 Å². The van der Waals surface area contributed by atoms with Crippen molar-refractivity contribution >= 4 is 18.0 Å². The molecule has 0 spiro atoms. The lowest BCUT2D eigenvalue weighted by Crippen LogP contribution is -2.45. The summed E-state index contributed by atoms with van der Waals surface area (Å²) in [4.78, 5) is 36.1. The first-order valence-corrected chi connectivity index (χ1v) is 10.0. The Morgan fingerprint density at radius 3 is 2.41 bits per heavy atom. The van der Waals surface area contributed by atoms with E-state index in [1.165, 1.54) is 14.2 Å². The van der Waals surface area contributed by atoms with Gasteiger partial charge in [0.15, 0.2) is 0 Å². The number of benzene rings is 2. The summed E-state index contributed by atoms with van der Waals surface area (Å²) in [7, 11) is 2.76. The number of amides is 2. The quantitative estimate of drug-likeness (QED) is 0.450. The number of carbonyl (C=O) groups is 3. The van der Waals surface area contributed by atoms with Gasteiger partial charge in [-0.05, 0) is 23.3 Å². The molecule has 0 bridgehead atoms. The SMILES string of the molecule is COC(=O)[C@@H](Cc1cccc(OC)c1)NC(=O)C[C@H](O)CNC(=O)OCc1ccccc1. The minimum atomic E-state index is -1.16. The molecule has 172 valence electrons. The van der Waals surface area contributed by atoms with Gasteiger partial charge in [0.05, 0.1) is 26.7 Å². The lowest BCUT2D eigenvalue weighted by Gasteiger charge is -2.18. The van der Waals surface area contributed by atoms with Gasteiger partial charge in [-0.25, -0.2) is 9.59 Å². The van der Waals surface area contributed by atoms with Gasteiger partial charge in [-0.3, -0.25) is 4.79 Å². The van der Waals surface area contributed by atoms with Gasteiger partial charge in [-0.2, -0.15) is 0 Å². The number of ether oxygens (including phenoxy) is 3. The minimum Gasteiger partial charge on any atom is -0.497 e. The standard InChI is InChI=1S/C23H28N2O7/c1-30-19-10-6-9-17(11-19)12-20(22(28)31-2)25-21(27)13-18(26)14-24-23(29)32-15-16-7-4-3-5-8-16/h3-11,18,20,26H,12-15H2,1-2H3,(H,24,29)(H,25,27)/t18-,20+/m0/s1. The smallest absolute Gasteiger partial charge is 0.407 e. The van der Waals surface area contributed by atoms with Crippen LogP contribution in [-0.2, 0) is 32.1 Å². The molecule has 0 aliphatic rings. The third-order valence-electron chi connectivity index (χ3n) is 4.51. The summed E-state index contributed by atoms with van der Waals surface area (Å²) in [6, 6.07) is 15.3. The van der Waals surface area contributed by atoms with Crippen molar-refractivity contribution < 1.29 is 33.7 Å². The summed E-state index contributed by atoms with van der Waals surface area (Å²) >= 11 is 0. The van der Waals surface area contributed by atoms with E-state index >= 15 is 0 Å². The van der Waals surface area contributed by atoms with Crippen LogP contribution in [0.25, 0.3) is 0 Å². The van der Waals surface area contributed by atoms with Crippen molar-refractivity contribution in [3.63, 3.8) is 0 Å². The Kier molecular flexibility index (Phi) is 9.99. The van der Waals surface area contributed by atoms with E-state index in [0.717, 1.165) is 11.1 Å². The zero-order valence-electron chi connectivity index (χ0n) is 18.1.